The molecule has 0 amide bonds. The largest absolute Gasteiger partial charge is 0.508 e. The van der Waals surface area contributed by atoms with Gasteiger partial charge in [0.1, 0.15) is 28.6 Å². The summed E-state index contributed by atoms with van der Waals surface area (Å²) < 4.78 is 10.2. The van der Waals surface area contributed by atoms with Gasteiger partial charge in [-0.05, 0) is 37.1 Å². The first kappa shape index (κ1) is 20.4. The van der Waals surface area contributed by atoms with E-state index in [0.717, 1.165) is 12.1 Å². The maximum Gasteiger partial charge on any atom is 0.339 e. The average Bonchev–Trinajstić information content (AvgIpc) is 2.59. The summed E-state index contributed by atoms with van der Waals surface area (Å²) in [6.45, 7) is 1.66. The Hall–Kier alpha value is -2.93. The second-order valence-electron chi connectivity index (χ2n) is 5.76. The minimum Gasteiger partial charge on any atom is -0.508 e. The molecular weight excluding hydrogens is 376 g/mol. The Kier molecular flexibility index (Phi) is 6.52. The van der Waals surface area contributed by atoms with E-state index in [2.05, 4.69) is 0 Å². The van der Waals surface area contributed by atoms with Crippen LogP contribution in [0.2, 0.25) is 0 Å². The molecule has 0 aromatic heterocycles. The van der Waals surface area contributed by atoms with Crippen LogP contribution in [0.1, 0.15) is 38.3 Å². The fourth-order valence-corrected chi connectivity index (χ4v) is 2.67. The van der Waals surface area contributed by atoms with Gasteiger partial charge in [-0.25, -0.2) is 4.79 Å². The number of phenols is 3. The van der Waals surface area contributed by atoms with Gasteiger partial charge in [-0.3, -0.25) is 4.79 Å². The van der Waals surface area contributed by atoms with Crippen LogP contribution < -0.4 is 4.74 Å². The second-order valence-corrected chi connectivity index (χ2v) is 6.13. The number of carbonyl (C=O) groups is 2. The van der Waals surface area contributed by atoms with Crippen LogP contribution in [0.4, 0.5) is 0 Å². The van der Waals surface area contributed by atoms with Crippen LogP contribution >= 0.6 is 11.6 Å². The number of aromatic hydroxyl groups is 3. The monoisotopic (exact) mass is 394 g/mol. The standard InChI is InChI=1S/C19H19ClO7/c1-10-6-13(22)17(14(23)7-10)18(24)16-12(19(25)27-5-3-4-20)8-11(21)9-15(16)26-2/h6-9,21-23H,3-5H2,1-2H3. The molecule has 27 heavy (non-hydrogen) atoms. The molecule has 0 spiro atoms. The Balaban J connectivity index is 2.61. The van der Waals surface area contributed by atoms with Crippen LogP contribution in [0.3, 0.4) is 0 Å². The topological polar surface area (TPSA) is 113 Å². The zero-order valence-corrected chi connectivity index (χ0v) is 15.5. The van der Waals surface area contributed by atoms with Crippen LogP contribution in [0.5, 0.6) is 23.0 Å². The number of aryl methyl sites for hydroxylation is 1. The van der Waals surface area contributed by atoms with Crippen LogP contribution in [-0.4, -0.2) is 46.7 Å². The first-order chi connectivity index (χ1) is 12.8. The zero-order valence-electron chi connectivity index (χ0n) is 14.8. The van der Waals surface area contributed by atoms with E-state index in [4.69, 9.17) is 21.1 Å². The van der Waals surface area contributed by atoms with E-state index in [-0.39, 0.29) is 40.7 Å². The fourth-order valence-electron chi connectivity index (χ4n) is 2.56. The zero-order chi connectivity index (χ0) is 20.1. The molecule has 0 fully saturated rings. The number of alkyl halides is 1. The van der Waals surface area contributed by atoms with Crippen molar-refractivity contribution in [3.8, 4) is 23.0 Å². The summed E-state index contributed by atoms with van der Waals surface area (Å²) in [4.78, 5) is 25.4. The summed E-state index contributed by atoms with van der Waals surface area (Å²) in [5.74, 6) is -2.76. The van der Waals surface area contributed by atoms with Crippen LogP contribution in [0, 0.1) is 6.92 Å². The van der Waals surface area contributed by atoms with Gasteiger partial charge in [0.05, 0.1) is 24.8 Å². The lowest BCUT2D eigenvalue weighted by Crippen LogP contribution is -2.15. The number of ketones is 1. The van der Waals surface area contributed by atoms with Gasteiger partial charge < -0.3 is 24.8 Å². The summed E-state index contributed by atoms with van der Waals surface area (Å²) in [7, 11) is 1.25. The maximum atomic E-state index is 13.0. The Morgan fingerprint density at radius 3 is 2.22 bits per heavy atom. The summed E-state index contributed by atoms with van der Waals surface area (Å²) in [6, 6.07) is 4.81. The van der Waals surface area contributed by atoms with Crippen molar-refractivity contribution in [2.45, 2.75) is 13.3 Å². The van der Waals surface area contributed by atoms with Gasteiger partial charge >= 0.3 is 5.97 Å². The van der Waals surface area contributed by atoms with Crippen molar-refractivity contribution in [1.82, 2.24) is 0 Å². The number of carbonyl (C=O) groups excluding carboxylic acids is 2. The van der Waals surface area contributed by atoms with Gasteiger partial charge in [0.15, 0.2) is 0 Å². The molecule has 3 N–H and O–H groups in total. The summed E-state index contributed by atoms with van der Waals surface area (Å²) in [5.41, 5.74) is -0.356. The Morgan fingerprint density at radius 2 is 1.67 bits per heavy atom. The van der Waals surface area contributed by atoms with E-state index < -0.39 is 23.3 Å². The summed E-state index contributed by atoms with van der Waals surface area (Å²) in [6.07, 6.45) is 0.409. The first-order valence-corrected chi connectivity index (χ1v) is 8.55. The number of halogens is 1. The van der Waals surface area contributed by atoms with Crippen molar-refractivity contribution < 1.29 is 34.4 Å². The molecule has 0 bridgehead atoms. The van der Waals surface area contributed by atoms with Crippen molar-refractivity contribution >= 4 is 23.4 Å². The smallest absolute Gasteiger partial charge is 0.339 e. The summed E-state index contributed by atoms with van der Waals surface area (Å²) in [5, 5.41) is 30.1. The first-order valence-electron chi connectivity index (χ1n) is 8.01. The minimum atomic E-state index is -0.872. The predicted octanol–water partition coefficient (Wildman–Crippen LogP) is 3.14. The van der Waals surface area contributed by atoms with E-state index in [0.29, 0.717) is 12.0 Å². The molecule has 8 heteroatoms. The number of methoxy groups -OCH3 is 1. The molecule has 0 radical (unpaired) electrons. The van der Waals surface area contributed by atoms with E-state index in [1.807, 2.05) is 0 Å². The molecule has 7 nitrogen and oxygen atoms in total. The molecule has 0 saturated carbocycles. The van der Waals surface area contributed by atoms with Crippen molar-refractivity contribution in [3.63, 3.8) is 0 Å². The van der Waals surface area contributed by atoms with Gasteiger partial charge in [0.25, 0.3) is 0 Å². The molecular formula is C19H19ClO7. The van der Waals surface area contributed by atoms with Gasteiger partial charge in [0, 0.05) is 11.9 Å². The number of esters is 1. The minimum absolute atomic E-state index is 0.0228. The van der Waals surface area contributed by atoms with Crippen LogP contribution in [0.15, 0.2) is 24.3 Å². The highest BCUT2D eigenvalue weighted by atomic mass is 35.5. The second kappa shape index (κ2) is 8.64. The van der Waals surface area contributed by atoms with E-state index >= 15 is 0 Å². The quantitative estimate of drug-likeness (QED) is 0.286. The number of hydrogen-bond acceptors (Lipinski definition) is 7. The number of hydrogen-bond donors (Lipinski definition) is 3. The Labute approximate surface area is 160 Å². The SMILES string of the molecule is COc1cc(O)cc(C(=O)OCCCCl)c1C(=O)c1c(O)cc(C)cc1O. The average molecular weight is 395 g/mol. The number of phenolic OH excluding ortho intramolecular Hbond substituents is 3. The normalized spacial score (nSPS) is 10.5. The molecule has 0 heterocycles. The third kappa shape index (κ3) is 4.43. The number of benzene rings is 2. The highest BCUT2D eigenvalue weighted by molar-refractivity contribution is 6.19. The molecule has 2 rings (SSSR count). The van der Waals surface area contributed by atoms with Gasteiger partial charge in [0.2, 0.25) is 5.78 Å². The van der Waals surface area contributed by atoms with Gasteiger partial charge in [-0.1, -0.05) is 0 Å². The fraction of sp³-hybridized carbons (Fsp3) is 0.263. The molecule has 0 aliphatic carbocycles. The lowest BCUT2D eigenvalue weighted by molar-refractivity contribution is 0.0502. The number of ether oxygens (including phenoxy) is 2. The highest BCUT2D eigenvalue weighted by Crippen LogP contribution is 2.36. The van der Waals surface area contributed by atoms with Crippen molar-refractivity contribution in [3.05, 3.63) is 46.5 Å². The van der Waals surface area contributed by atoms with Crippen LogP contribution in [0.25, 0.3) is 0 Å². The maximum absolute atomic E-state index is 13.0. The van der Waals surface area contributed by atoms with Crippen molar-refractivity contribution in [2.75, 3.05) is 19.6 Å². The molecule has 0 saturated heterocycles. The van der Waals surface area contributed by atoms with Gasteiger partial charge in [-0.2, -0.15) is 0 Å². The molecule has 2 aromatic rings. The third-order valence-corrected chi connectivity index (χ3v) is 4.00. The lowest BCUT2D eigenvalue weighted by Gasteiger charge is -2.15. The predicted molar refractivity (Wildman–Crippen MR) is 98.2 cm³/mol. The van der Waals surface area contributed by atoms with E-state index in [1.54, 1.807) is 6.92 Å². The molecule has 144 valence electrons. The third-order valence-electron chi connectivity index (χ3n) is 3.73. The number of rotatable bonds is 7. The highest BCUT2D eigenvalue weighted by Gasteiger charge is 2.29. The van der Waals surface area contributed by atoms with Crippen molar-refractivity contribution in [1.29, 1.82) is 0 Å². The van der Waals surface area contributed by atoms with Crippen molar-refractivity contribution in [2.24, 2.45) is 0 Å². The molecule has 0 aliphatic rings. The van der Waals surface area contributed by atoms with Crippen LogP contribution in [-0.2, 0) is 4.74 Å². The Morgan fingerprint density at radius 1 is 1.04 bits per heavy atom. The van der Waals surface area contributed by atoms with E-state index in [9.17, 15) is 24.9 Å². The van der Waals surface area contributed by atoms with Gasteiger partial charge in [-0.15, -0.1) is 11.6 Å². The van der Waals surface area contributed by atoms with E-state index in [1.165, 1.54) is 19.2 Å². The summed E-state index contributed by atoms with van der Waals surface area (Å²) >= 11 is 5.55. The molecule has 0 aliphatic heterocycles. The molecule has 2 aromatic carbocycles. The molecule has 0 atom stereocenters. The molecule has 0 unspecified atom stereocenters. The Bertz CT molecular complexity index is 854. The lowest BCUT2D eigenvalue weighted by atomic mass is 9.95.